The molecule has 0 aliphatic carbocycles. The van der Waals surface area contributed by atoms with Crippen LogP contribution in [0.15, 0.2) is 12.4 Å². The molecular formula is C9H18N6. The molecular weight excluding hydrogens is 192 g/mol. The van der Waals surface area contributed by atoms with Gasteiger partial charge in [-0.05, 0) is 13.6 Å². The van der Waals surface area contributed by atoms with E-state index < -0.39 is 0 Å². The smallest absolute Gasteiger partial charge is 0.160 e. The van der Waals surface area contributed by atoms with Crippen LogP contribution in [0.25, 0.3) is 0 Å². The predicted molar refractivity (Wildman–Crippen MR) is 61.5 cm³/mol. The van der Waals surface area contributed by atoms with Crippen LogP contribution < -0.4 is 16.6 Å². The summed E-state index contributed by atoms with van der Waals surface area (Å²) in [7, 11) is 2.07. The lowest BCUT2D eigenvalue weighted by atomic mass is 10.5. The van der Waals surface area contributed by atoms with Crippen LogP contribution in [0.4, 0.5) is 11.6 Å². The quantitative estimate of drug-likeness (QED) is 0.457. The van der Waals surface area contributed by atoms with E-state index in [-0.39, 0.29) is 0 Å². The van der Waals surface area contributed by atoms with Crippen LogP contribution in [-0.2, 0) is 0 Å². The number of nitrogens with zero attached hydrogens (tertiary/aromatic N) is 3. The summed E-state index contributed by atoms with van der Waals surface area (Å²) >= 11 is 0. The molecule has 0 atom stereocenters. The molecule has 0 saturated carbocycles. The summed E-state index contributed by atoms with van der Waals surface area (Å²) in [5.41, 5.74) is 2.45. The topological polar surface area (TPSA) is 79.1 Å². The maximum Gasteiger partial charge on any atom is 0.160 e. The van der Waals surface area contributed by atoms with Gasteiger partial charge in [-0.25, -0.2) is 10.8 Å². The minimum atomic E-state index is 0.559. The van der Waals surface area contributed by atoms with Gasteiger partial charge in [0.2, 0.25) is 0 Å². The third-order valence-corrected chi connectivity index (χ3v) is 2.12. The first-order valence-corrected chi connectivity index (χ1v) is 4.97. The highest BCUT2D eigenvalue weighted by Gasteiger charge is 1.97. The molecule has 84 valence electrons. The van der Waals surface area contributed by atoms with E-state index in [1.165, 1.54) is 0 Å². The first-order chi connectivity index (χ1) is 7.26. The van der Waals surface area contributed by atoms with Crippen LogP contribution in [0.1, 0.15) is 6.92 Å². The van der Waals surface area contributed by atoms with Gasteiger partial charge in [0, 0.05) is 13.1 Å². The second-order valence-electron chi connectivity index (χ2n) is 3.26. The average molecular weight is 210 g/mol. The number of nitrogens with one attached hydrogen (secondary N) is 2. The minimum Gasteiger partial charge on any atom is -0.367 e. The zero-order valence-electron chi connectivity index (χ0n) is 9.20. The second kappa shape index (κ2) is 6.15. The van der Waals surface area contributed by atoms with Gasteiger partial charge in [-0.15, -0.1) is 0 Å². The summed E-state index contributed by atoms with van der Waals surface area (Å²) in [5, 5.41) is 3.17. The van der Waals surface area contributed by atoms with Gasteiger partial charge in [0.05, 0.1) is 12.4 Å². The summed E-state index contributed by atoms with van der Waals surface area (Å²) in [6, 6.07) is 0. The van der Waals surface area contributed by atoms with Crippen LogP contribution >= 0.6 is 0 Å². The number of likely N-dealkylation sites (N-methyl/N-ethyl adjacent to an activating group) is 1. The number of nitrogens with two attached hydrogens (primary N) is 1. The molecule has 6 heteroatoms. The Labute approximate surface area is 89.9 Å². The fourth-order valence-electron chi connectivity index (χ4n) is 1.05. The fourth-order valence-corrected chi connectivity index (χ4v) is 1.05. The molecule has 0 amide bonds. The molecule has 4 N–H and O–H groups in total. The highest BCUT2D eigenvalue weighted by atomic mass is 15.3. The van der Waals surface area contributed by atoms with Crippen LogP contribution in [-0.4, -0.2) is 41.5 Å². The Morgan fingerprint density at radius 2 is 2.13 bits per heavy atom. The van der Waals surface area contributed by atoms with Crippen molar-refractivity contribution in [1.82, 2.24) is 14.9 Å². The van der Waals surface area contributed by atoms with E-state index in [2.05, 4.69) is 39.6 Å². The van der Waals surface area contributed by atoms with E-state index in [4.69, 9.17) is 5.84 Å². The number of aromatic nitrogens is 2. The monoisotopic (exact) mass is 210 g/mol. The first-order valence-electron chi connectivity index (χ1n) is 4.97. The van der Waals surface area contributed by atoms with Gasteiger partial charge >= 0.3 is 0 Å². The van der Waals surface area contributed by atoms with E-state index in [9.17, 15) is 0 Å². The number of nitrogen functional groups attached to an aromatic ring is 1. The molecule has 0 unspecified atom stereocenters. The summed E-state index contributed by atoms with van der Waals surface area (Å²) in [4.78, 5) is 10.4. The molecule has 0 spiro atoms. The molecule has 0 aliphatic rings. The van der Waals surface area contributed by atoms with Gasteiger partial charge in [-0.1, -0.05) is 6.92 Å². The second-order valence-corrected chi connectivity index (χ2v) is 3.26. The number of hydrazine groups is 1. The normalized spacial score (nSPS) is 10.4. The molecule has 15 heavy (non-hydrogen) atoms. The average Bonchev–Trinajstić information content (AvgIpc) is 2.29. The van der Waals surface area contributed by atoms with E-state index >= 15 is 0 Å². The zero-order chi connectivity index (χ0) is 11.1. The molecule has 1 aromatic rings. The fraction of sp³-hybridized carbons (Fsp3) is 0.556. The van der Waals surface area contributed by atoms with Crippen molar-refractivity contribution in [3.63, 3.8) is 0 Å². The SMILES string of the molecule is CCN(C)CCNc1cncc(NN)n1. The van der Waals surface area contributed by atoms with Crippen LogP contribution in [0.3, 0.4) is 0 Å². The Balaban J connectivity index is 2.37. The predicted octanol–water partition coefficient (Wildman–Crippen LogP) is 0.126. The maximum absolute atomic E-state index is 5.23. The van der Waals surface area contributed by atoms with E-state index in [0.29, 0.717) is 5.82 Å². The van der Waals surface area contributed by atoms with E-state index in [0.717, 1.165) is 25.5 Å². The lowest BCUT2D eigenvalue weighted by molar-refractivity contribution is 0.367. The standard InChI is InChI=1S/C9H18N6/c1-3-15(2)5-4-12-8-6-11-7-9(13-8)14-10/h6-7H,3-5,10H2,1-2H3,(H2,12,13,14). The number of anilines is 2. The zero-order valence-corrected chi connectivity index (χ0v) is 9.20. The van der Waals surface area contributed by atoms with Gasteiger partial charge < -0.3 is 15.6 Å². The van der Waals surface area contributed by atoms with Crippen molar-refractivity contribution < 1.29 is 0 Å². The van der Waals surface area contributed by atoms with Crippen molar-refractivity contribution in [2.45, 2.75) is 6.92 Å². The molecule has 0 saturated heterocycles. The van der Waals surface area contributed by atoms with Crippen LogP contribution in [0.5, 0.6) is 0 Å². The number of rotatable bonds is 6. The van der Waals surface area contributed by atoms with Crippen molar-refractivity contribution in [2.24, 2.45) is 5.84 Å². The number of hydrogen-bond acceptors (Lipinski definition) is 6. The summed E-state index contributed by atoms with van der Waals surface area (Å²) in [5.74, 6) is 6.52. The molecule has 1 rings (SSSR count). The highest BCUT2D eigenvalue weighted by Crippen LogP contribution is 2.04. The Morgan fingerprint density at radius 1 is 1.40 bits per heavy atom. The maximum atomic E-state index is 5.23. The molecule has 0 radical (unpaired) electrons. The third kappa shape index (κ3) is 4.09. The third-order valence-electron chi connectivity index (χ3n) is 2.12. The van der Waals surface area contributed by atoms with Crippen molar-refractivity contribution >= 4 is 11.6 Å². The van der Waals surface area contributed by atoms with Crippen LogP contribution in [0.2, 0.25) is 0 Å². The summed E-state index contributed by atoms with van der Waals surface area (Å²) < 4.78 is 0. The van der Waals surface area contributed by atoms with Crippen molar-refractivity contribution in [3.8, 4) is 0 Å². The van der Waals surface area contributed by atoms with Gasteiger partial charge in [0.15, 0.2) is 5.82 Å². The van der Waals surface area contributed by atoms with E-state index in [1.54, 1.807) is 12.4 Å². The Bertz CT molecular complexity index is 290. The highest BCUT2D eigenvalue weighted by molar-refractivity contribution is 5.40. The number of hydrogen-bond donors (Lipinski definition) is 3. The minimum absolute atomic E-state index is 0.559. The molecule has 0 bridgehead atoms. The lowest BCUT2D eigenvalue weighted by Crippen LogP contribution is -2.25. The van der Waals surface area contributed by atoms with E-state index in [1.807, 2.05) is 0 Å². The summed E-state index contributed by atoms with van der Waals surface area (Å²) in [6.45, 7) is 4.97. The van der Waals surface area contributed by atoms with Crippen LogP contribution in [0, 0.1) is 0 Å². The van der Waals surface area contributed by atoms with Crippen molar-refractivity contribution in [3.05, 3.63) is 12.4 Å². The Morgan fingerprint density at radius 3 is 2.80 bits per heavy atom. The van der Waals surface area contributed by atoms with Gasteiger partial charge in [-0.3, -0.25) is 4.98 Å². The largest absolute Gasteiger partial charge is 0.367 e. The van der Waals surface area contributed by atoms with Crippen molar-refractivity contribution in [2.75, 3.05) is 37.4 Å². The molecule has 0 aromatic carbocycles. The Hall–Kier alpha value is -1.40. The van der Waals surface area contributed by atoms with Gasteiger partial charge in [0.1, 0.15) is 5.82 Å². The molecule has 1 heterocycles. The molecule has 6 nitrogen and oxygen atoms in total. The van der Waals surface area contributed by atoms with Gasteiger partial charge in [0.25, 0.3) is 0 Å². The summed E-state index contributed by atoms with van der Waals surface area (Å²) in [6.07, 6.45) is 3.25. The van der Waals surface area contributed by atoms with Gasteiger partial charge in [-0.2, -0.15) is 0 Å². The molecule has 0 fully saturated rings. The first kappa shape index (κ1) is 11.7. The molecule has 0 aliphatic heterocycles. The van der Waals surface area contributed by atoms with Crippen molar-refractivity contribution in [1.29, 1.82) is 0 Å². The molecule has 1 aromatic heterocycles. The lowest BCUT2D eigenvalue weighted by Gasteiger charge is -2.14. The Kier molecular flexibility index (Phi) is 4.79.